The number of hydrogen-bond acceptors (Lipinski definition) is 4. The predicted octanol–water partition coefficient (Wildman–Crippen LogP) is -2.85. The van der Waals surface area contributed by atoms with E-state index in [0.717, 1.165) is 0 Å². The Kier molecular flexibility index (Phi) is 8.43. The molecule has 0 aliphatic carbocycles. The van der Waals surface area contributed by atoms with Crippen LogP contribution in [-0.2, 0) is 10.1 Å². The third kappa shape index (κ3) is 12.2. The average molecular weight is 216 g/mol. The Hall–Kier alpha value is 1.45. The molecule has 0 atom stereocenters. The molecule has 8 heteroatoms. The van der Waals surface area contributed by atoms with Crippen LogP contribution < -0.4 is 29.6 Å². The Balaban J connectivity index is 0. The molecule has 0 aromatic carbocycles. The van der Waals surface area contributed by atoms with Gasteiger partial charge in [-0.25, -0.2) is 8.42 Å². The fraction of sp³-hybridized carbons (Fsp3) is 1.00. The van der Waals surface area contributed by atoms with Gasteiger partial charge in [-0.1, -0.05) is 0 Å². The number of rotatable bonds is 3. The van der Waals surface area contributed by atoms with Gasteiger partial charge in [-0.05, 0) is 23.6 Å². The summed E-state index contributed by atoms with van der Waals surface area (Å²) in [4.78, 5) is 0. The molecule has 0 aliphatic rings. The summed E-state index contributed by atoms with van der Waals surface area (Å²) in [7, 11) is -4.18. The average Bonchev–Trinajstić information content (AvgIpc) is 1.59. The smallest absolute Gasteiger partial charge is 0.748 e. The van der Waals surface area contributed by atoms with E-state index in [0.29, 0.717) is 3.94 Å². The van der Waals surface area contributed by atoms with Crippen molar-refractivity contribution in [2.45, 2.75) is 0 Å². The minimum atomic E-state index is -4.18. The zero-order valence-electron chi connectivity index (χ0n) is 5.25. The molecule has 0 saturated heterocycles. The fourth-order valence-electron chi connectivity index (χ4n) is 0.181. The quantitative estimate of drug-likeness (QED) is 0.289. The van der Waals surface area contributed by atoms with E-state index in [1.54, 1.807) is 0 Å². The maximum atomic E-state index is 9.84. The number of halogens is 2. The van der Waals surface area contributed by atoms with E-state index < -0.39 is 15.9 Å². The largest absolute Gasteiger partial charge is 1.00 e. The van der Waals surface area contributed by atoms with Crippen molar-refractivity contribution < 1.29 is 42.5 Å². The van der Waals surface area contributed by atoms with Gasteiger partial charge in [-0.2, -0.15) is 0 Å². The summed E-state index contributed by atoms with van der Waals surface area (Å²) in [6.07, 6.45) is 0. The van der Waals surface area contributed by atoms with Gasteiger partial charge in [0, 0.05) is 6.54 Å². The van der Waals surface area contributed by atoms with Gasteiger partial charge < -0.3 is 4.55 Å². The van der Waals surface area contributed by atoms with Crippen LogP contribution in [0, 0.1) is 0 Å². The molecule has 0 aliphatic heterocycles. The van der Waals surface area contributed by atoms with Gasteiger partial charge in [0.2, 0.25) is 0 Å². The van der Waals surface area contributed by atoms with E-state index >= 15 is 0 Å². The SMILES string of the molecule is O=S(=O)([O-])CCN(Cl)Cl.[Na+]. The first-order valence-electron chi connectivity index (χ1n) is 1.94. The van der Waals surface area contributed by atoms with Gasteiger partial charge in [0.05, 0.1) is 15.9 Å². The summed E-state index contributed by atoms with van der Waals surface area (Å²) in [5.74, 6) is -0.569. The molecule has 0 rings (SSSR count). The summed E-state index contributed by atoms with van der Waals surface area (Å²) >= 11 is 9.96. The molecule has 56 valence electrons. The van der Waals surface area contributed by atoms with Crippen molar-refractivity contribution in [1.82, 2.24) is 3.94 Å². The topological polar surface area (TPSA) is 60.4 Å². The molecule has 0 aromatic heterocycles. The fourth-order valence-corrected chi connectivity index (χ4v) is 0.956. The Morgan fingerprint density at radius 2 is 1.80 bits per heavy atom. The monoisotopic (exact) mass is 215 g/mol. The van der Waals surface area contributed by atoms with Crippen LogP contribution in [0.25, 0.3) is 0 Å². The first-order chi connectivity index (χ1) is 3.92. The molecule has 0 fully saturated rings. The van der Waals surface area contributed by atoms with Crippen molar-refractivity contribution in [3.63, 3.8) is 0 Å². The Morgan fingerprint density at radius 1 is 1.40 bits per heavy atom. The molecule has 4 nitrogen and oxygen atoms in total. The molecule has 0 spiro atoms. The normalized spacial score (nSPS) is 11.2. The first kappa shape index (κ1) is 14.0. The molecular formula is C2H4Cl2NNaO3S. The molecule has 0 amide bonds. The van der Waals surface area contributed by atoms with Crippen LogP contribution in [0.2, 0.25) is 0 Å². The van der Waals surface area contributed by atoms with Crippen molar-refractivity contribution in [3.05, 3.63) is 0 Å². The van der Waals surface area contributed by atoms with Crippen LogP contribution >= 0.6 is 23.6 Å². The minimum Gasteiger partial charge on any atom is -0.748 e. The molecule has 0 radical (unpaired) electrons. The van der Waals surface area contributed by atoms with Crippen molar-refractivity contribution >= 4 is 33.7 Å². The van der Waals surface area contributed by atoms with Crippen molar-refractivity contribution in [1.29, 1.82) is 0 Å². The third-order valence-electron chi connectivity index (χ3n) is 0.510. The second kappa shape index (κ2) is 6.02. The van der Waals surface area contributed by atoms with E-state index in [1.165, 1.54) is 0 Å². The van der Waals surface area contributed by atoms with E-state index in [4.69, 9.17) is 23.6 Å². The standard InChI is InChI=1S/C2H5Cl2NO3S.Na/c3-5(4)1-2-9(6,7)8;/h1-2H2,(H,6,7,8);/q;+1/p-1. The minimum absolute atomic E-state index is 0. The second-order valence-corrected chi connectivity index (χ2v) is 3.80. The predicted molar refractivity (Wildman–Crippen MR) is 33.0 cm³/mol. The van der Waals surface area contributed by atoms with Crippen LogP contribution in [-0.4, -0.2) is 29.2 Å². The molecule has 0 aromatic rings. The molecule has 10 heavy (non-hydrogen) atoms. The van der Waals surface area contributed by atoms with Gasteiger partial charge in [-0.3, -0.25) is 0 Å². The zero-order chi connectivity index (χ0) is 7.49. The van der Waals surface area contributed by atoms with Crippen LogP contribution in [0.1, 0.15) is 0 Å². The second-order valence-electron chi connectivity index (χ2n) is 1.29. The molecule has 0 N–H and O–H groups in total. The molecule has 0 unspecified atom stereocenters. The van der Waals surface area contributed by atoms with Gasteiger partial charge in [-0.15, -0.1) is 3.94 Å². The maximum Gasteiger partial charge on any atom is 1.00 e. The Bertz CT molecular complexity index is 169. The van der Waals surface area contributed by atoms with Crippen molar-refractivity contribution in [3.8, 4) is 0 Å². The zero-order valence-corrected chi connectivity index (χ0v) is 9.58. The summed E-state index contributed by atoms with van der Waals surface area (Å²) in [6.45, 7) is -0.172. The van der Waals surface area contributed by atoms with E-state index in [2.05, 4.69) is 0 Å². The summed E-state index contributed by atoms with van der Waals surface area (Å²) in [5, 5.41) is 0. The van der Waals surface area contributed by atoms with Gasteiger partial charge in [0.15, 0.2) is 0 Å². The van der Waals surface area contributed by atoms with Gasteiger partial charge in [0.25, 0.3) is 0 Å². The van der Waals surface area contributed by atoms with Crippen molar-refractivity contribution in [2.24, 2.45) is 0 Å². The van der Waals surface area contributed by atoms with Gasteiger partial charge in [0.1, 0.15) is 0 Å². The maximum absolute atomic E-state index is 9.84. The van der Waals surface area contributed by atoms with Crippen LogP contribution in [0.3, 0.4) is 0 Å². The summed E-state index contributed by atoms with van der Waals surface area (Å²) in [6, 6.07) is 0. The molecule has 0 bridgehead atoms. The third-order valence-corrected chi connectivity index (χ3v) is 1.53. The Morgan fingerprint density at radius 3 is 1.90 bits per heavy atom. The van der Waals surface area contributed by atoms with Crippen LogP contribution in [0.15, 0.2) is 0 Å². The van der Waals surface area contributed by atoms with Gasteiger partial charge >= 0.3 is 29.6 Å². The molecule has 0 saturated carbocycles. The first-order valence-corrected chi connectivity index (χ1v) is 4.20. The van der Waals surface area contributed by atoms with Crippen molar-refractivity contribution in [2.75, 3.05) is 12.3 Å². The summed E-state index contributed by atoms with van der Waals surface area (Å²) < 4.78 is 30.1. The summed E-state index contributed by atoms with van der Waals surface area (Å²) in [5.41, 5.74) is 0. The molecular weight excluding hydrogens is 212 g/mol. The van der Waals surface area contributed by atoms with E-state index in [1.807, 2.05) is 0 Å². The van der Waals surface area contributed by atoms with Crippen LogP contribution in [0.5, 0.6) is 0 Å². The van der Waals surface area contributed by atoms with E-state index in [9.17, 15) is 13.0 Å². The Labute approximate surface area is 91.7 Å². The number of nitrogens with zero attached hydrogens (tertiary/aromatic N) is 1. The number of hydrogen-bond donors (Lipinski definition) is 0. The van der Waals surface area contributed by atoms with E-state index in [-0.39, 0.29) is 36.1 Å². The van der Waals surface area contributed by atoms with Crippen LogP contribution in [0.4, 0.5) is 0 Å². The molecule has 0 heterocycles.